The number of hydrogen-bond donors (Lipinski definition) is 2. The third-order valence-corrected chi connectivity index (χ3v) is 6.37. The molecule has 0 radical (unpaired) electrons. The third kappa shape index (κ3) is 9.96. The van der Waals surface area contributed by atoms with Crippen LogP contribution in [0.4, 0.5) is 15.4 Å². The van der Waals surface area contributed by atoms with E-state index in [1.54, 1.807) is 96.0 Å². The van der Waals surface area contributed by atoms with Gasteiger partial charge in [-0.2, -0.15) is 4.98 Å². The molecule has 1 unspecified atom stereocenters. The number of aromatic nitrogens is 2. The molecule has 0 aliphatic carbocycles. The van der Waals surface area contributed by atoms with Crippen LogP contribution in [0.2, 0.25) is 0 Å². The van der Waals surface area contributed by atoms with Gasteiger partial charge in [-0.15, -0.1) is 0 Å². The van der Waals surface area contributed by atoms with Crippen LogP contribution in [-0.2, 0) is 9.47 Å². The molecule has 0 saturated carbocycles. The van der Waals surface area contributed by atoms with Crippen LogP contribution in [0.15, 0.2) is 65.6 Å². The summed E-state index contributed by atoms with van der Waals surface area (Å²) in [7, 11) is 0. The van der Waals surface area contributed by atoms with Crippen LogP contribution in [0.25, 0.3) is 5.69 Å². The first-order valence-corrected chi connectivity index (χ1v) is 14.6. The van der Waals surface area contributed by atoms with Gasteiger partial charge in [0, 0.05) is 30.4 Å². The molecule has 1 atom stereocenters. The second-order valence-electron chi connectivity index (χ2n) is 12.5. The molecule has 44 heavy (non-hydrogen) atoms. The fourth-order valence-electron chi connectivity index (χ4n) is 4.24. The van der Waals surface area contributed by atoms with Crippen molar-refractivity contribution < 1.29 is 23.9 Å². The molecule has 0 fully saturated rings. The highest BCUT2D eigenvalue weighted by atomic mass is 16.6. The summed E-state index contributed by atoms with van der Waals surface area (Å²) in [5.74, 6) is -0.161. The standard InChI is InChI=1S/C33H43N5O6/c1-22-21-38(29(40)36-27(22)35-28(39)25-13-10-9-11-14-25)26-17-15-24(16-18-26)23(2)37(31(42)44-33(6,7)8)20-12-19-34-30(41)43-32(3,4)5/h9-11,13-18,21,23H,12,19-20H2,1-8H3,(H,34,41)(H,35,36,39,40). The van der Waals surface area contributed by atoms with E-state index in [9.17, 15) is 19.2 Å². The van der Waals surface area contributed by atoms with Crippen LogP contribution in [0.5, 0.6) is 0 Å². The van der Waals surface area contributed by atoms with Crippen molar-refractivity contribution in [3.63, 3.8) is 0 Å². The first-order chi connectivity index (χ1) is 20.5. The lowest BCUT2D eigenvalue weighted by Gasteiger charge is -2.32. The molecule has 0 bridgehead atoms. The maximum Gasteiger partial charge on any atom is 0.410 e. The van der Waals surface area contributed by atoms with Crippen LogP contribution < -0.4 is 16.3 Å². The van der Waals surface area contributed by atoms with Crippen molar-refractivity contribution in [3.05, 3.63) is 88.0 Å². The molecule has 0 spiro atoms. The van der Waals surface area contributed by atoms with Gasteiger partial charge in [-0.05, 0) is 91.6 Å². The van der Waals surface area contributed by atoms with Crippen LogP contribution in [0.3, 0.4) is 0 Å². The van der Waals surface area contributed by atoms with Crippen LogP contribution >= 0.6 is 0 Å². The van der Waals surface area contributed by atoms with Gasteiger partial charge in [0.1, 0.15) is 17.0 Å². The Morgan fingerprint density at radius 2 is 1.55 bits per heavy atom. The van der Waals surface area contributed by atoms with Gasteiger partial charge >= 0.3 is 17.9 Å². The number of anilines is 1. The number of carbonyl (C=O) groups is 3. The van der Waals surface area contributed by atoms with Crippen molar-refractivity contribution in [3.8, 4) is 5.69 Å². The summed E-state index contributed by atoms with van der Waals surface area (Å²) in [6.07, 6.45) is 1.11. The van der Waals surface area contributed by atoms with Crippen LogP contribution in [0.1, 0.15) is 82.4 Å². The lowest BCUT2D eigenvalue weighted by Crippen LogP contribution is -2.40. The number of carbonyl (C=O) groups excluding carboxylic acids is 3. The maximum atomic E-state index is 13.2. The molecule has 0 aliphatic heterocycles. The Morgan fingerprint density at radius 3 is 2.14 bits per heavy atom. The van der Waals surface area contributed by atoms with E-state index in [0.717, 1.165) is 5.56 Å². The fraction of sp³-hybridized carbons (Fsp3) is 0.424. The van der Waals surface area contributed by atoms with E-state index in [-0.39, 0.29) is 17.8 Å². The lowest BCUT2D eigenvalue weighted by atomic mass is 10.1. The number of aryl methyl sites for hydroxylation is 1. The molecule has 0 aliphatic rings. The zero-order valence-corrected chi connectivity index (χ0v) is 26.8. The van der Waals surface area contributed by atoms with E-state index >= 15 is 0 Å². The van der Waals surface area contributed by atoms with Gasteiger partial charge in [0.2, 0.25) is 0 Å². The van der Waals surface area contributed by atoms with Crippen molar-refractivity contribution in [1.82, 2.24) is 19.8 Å². The molecular formula is C33H43N5O6. The molecule has 0 saturated heterocycles. The van der Waals surface area contributed by atoms with E-state index in [0.29, 0.717) is 36.3 Å². The minimum atomic E-state index is -0.688. The van der Waals surface area contributed by atoms with Crippen molar-refractivity contribution in [2.75, 3.05) is 18.4 Å². The number of alkyl carbamates (subject to hydrolysis) is 1. The smallest absolute Gasteiger partial charge is 0.410 e. The van der Waals surface area contributed by atoms with Gasteiger partial charge in [0.25, 0.3) is 5.91 Å². The highest BCUT2D eigenvalue weighted by Crippen LogP contribution is 2.24. The average Bonchev–Trinajstić information content (AvgIpc) is 2.93. The number of rotatable bonds is 9. The van der Waals surface area contributed by atoms with E-state index in [1.807, 2.05) is 25.1 Å². The second-order valence-corrected chi connectivity index (χ2v) is 12.5. The molecule has 2 N–H and O–H groups in total. The Labute approximate surface area is 258 Å². The summed E-state index contributed by atoms with van der Waals surface area (Å²) in [6, 6.07) is 15.5. The fourth-order valence-corrected chi connectivity index (χ4v) is 4.24. The average molecular weight is 606 g/mol. The summed E-state index contributed by atoms with van der Waals surface area (Å²) in [5, 5.41) is 5.42. The van der Waals surface area contributed by atoms with Crippen LogP contribution in [-0.4, -0.2) is 56.8 Å². The Hall–Kier alpha value is -4.67. The summed E-state index contributed by atoms with van der Waals surface area (Å²) < 4.78 is 12.3. The SMILES string of the molecule is Cc1cn(-c2ccc(C(C)N(CCCNC(=O)OC(C)(C)C)C(=O)OC(C)(C)C)cc2)c(=O)nc1NC(=O)c1ccccc1. The number of ether oxygens (including phenoxy) is 2. The number of hydrogen-bond acceptors (Lipinski definition) is 7. The molecular weight excluding hydrogens is 562 g/mol. The summed E-state index contributed by atoms with van der Waals surface area (Å²) in [6.45, 7) is 15.1. The van der Waals surface area contributed by atoms with E-state index in [2.05, 4.69) is 15.6 Å². The highest BCUT2D eigenvalue weighted by Gasteiger charge is 2.27. The molecule has 2 aromatic carbocycles. The van der Waals surface area contributed by atoms with E-state index in [4.69, 9.17) is 9.47 Å². The Kier molecular flexibility index (Phi) is 10.9. The monoisotopic (exact) mass is 605 g/mol. The Bertz CT molecular complexity index is 1500. The number of nitrogens with one attached hydrogen (secondary N) is 2. The number of benzene rings is 2. The number of nitrogens with zero attached hydrogens (tertiary/aromatic N) is 3. The normalized spacial score (nSPS) is 12.2. The van der Waals surface area contributed by atoms with Gasteiger partial charge in [-0.25, -0.2) is 14.4 Å². The predicted octanol–water partition coefficient (Wildman–Crippen LogP) is 6.01. The third-order valence-electron chi connectivity index (χ3n) is 6.37. The first kappa shape index (κ1) is 33.8. The Morgan fingerprint density at radius 1 is 0.932 bits per heavy atom. The molecule has 11 heteroatoms. The minimum absolute atomic E-state index is 0.194. The summed E-state index contributed by atoms with van der Waals surface area (Å²) in [4.78, 5) is 56.4. The topological polar surface area (TPSA) is 132 Å². The molecule has 3 rings (SSSR count). The summed E-state index contributed by atoms with van der Waals surface area (Å²) >= 11 is 0. The lowest BCUT2D eigenvalue weighted by molar-refractivity contribution is 0.0171. The molecule has 3 aromatic rings. The quantitative estimate of drug-likeness (QED) is 0.286. The van der Waals surface area contributed by atoms with Gasteiger partial charge in [-0.3, -0.25) is 9.36 Å². The second kappa shape index (κ2) is 14.2. The first-order valence-electron chi connectivity index (χ1n) is 14.6. The van der Waals surface area contributed by atoms with Crippen molar-refractivity contribution in [1.29, 1.82) is 0 Å². The van der Waals surface area contributed by atoms with Gasteiger partial charge in [0.05, 0.1) is 11.7 Å². The Balaban J connectivity index is 1.74. The molecule has 1 heterocycles. The largest absolute Gasteiger partial charge is 0.444 e. The minimum Gasteiger partial charge on any atom is -0.444 e. The molecule has 1 aromatic heterocycles. The number of amides is 3. The molecule has 3 amide bonds. The van der Waals surface area contributed by atoms with Gasteiger partial charge in [-0.1, -0.05) is 30.3 Å². The van der Waals surface area contributed by atoms with Crippen LogP contribution in [0, 0.1) is 6.92 Å². The van der Waals surface area contributed by atoms with Gasteiger partial charge in [0.15, 0.2) is 0 Å². The van der Waals surface area contributed by atoms with Crippen molar-refractivity contribution in [2.24, 2.45) is 0 Å². The predicted molar refractivity (Wildman–Crippen MR) is 169 cm³/mol. The van der Waals surface area contributed by atoms with E-state index < -0.39 is 29.1 Å². The molecule has 236 valence electrons. The summed E-state index contributed by atoms with van der Waals surface area (Å²) in [5.41, 5.74) is 0.634. The van der Waals surface area contributed by atoms with Crippen molar-refractivity contribution in [2.45, 2.75) is 79.1 Å². The highest BCUT2D eigenvalue weighted by molar-refractivity contribution is 6.04. The van der Waals surface area contributed by atoms with Gasteiger partial charge < -0.3 is 25.0 Å². The zero-order chi connectivity index (χ0) is 32.7. The molecule has 11 nitrogen and oxygen atoms in total. The van der Waals surface area contributed by atoms with Crippen molar-refractivity contribution >= 4 is 23.9 Å². The maximum absolute atomic E-state index is 13.2. The zero-order valence-electron chi connectivity index (χ0n) is 26.8. The van der Waals surface area contributed by atoms with E-state index in [1.165, 1.54) is 4.57 Å².